The molecule has 5 rings (SSSR count). The molecular formula is C25H32N4O3. The molecule has 0 bridgehead atoms. The number of morpholine rings is 1. The molecule has 0 spiro atoms. The summed E-state index contributed by atoms with van der Waals surface area (Å²) in [5.74, 6) is 1.09. The molecule has 1 saturated heterocycles. The van der Waals surface area contributed by atoms with Gasteiger partial charge < -0.3 is 19.3 Å². The predicted octanol–water partition coefficient (Wildman–Crippen LogP) is 3.51. The first-order chi connectivity index (χ1) is 15.6. The molecule has 32 heavy (non-hydrogen) atoms. The van der Waals surface area contributed by atoms with Crippen molar-refractivity contribution in [2.45, 2.75) is 32.4 Å². The summed E-state index contributed by atoms with van der Waals surface area (Å²) in [4.78, 5) is 18.5. The van der Waals surface area contributed by atoms with Crippen molar-refractivity contribution >= 4 is 23.2 Å². The van der Waals surface area contributed by atoms with Gasteiger partial charge in [0.1, 0.15) is 5.82 Å². The Morgan fingerprint density at radius 3 is 2.56 bits per heavy atom. The molecule has 2 aliphatic heterocycles. The Morgan fingerprint density at radius 1 is 1.12 bits per heavy atom. The minimum absolute atomic E-state index is 0.250. The molecular weight excluding hydrogens is 404 g/mol. The SMILES string of the molecule is CC1CCc2c(ccc3c2nc(-c2ccccc2)n3CCN2CCOCC2)N1C.O=CO. The number of imidazole rings is 1. The van der Waals surface area contributed by atoms with Crippen LogP contribution in [0.15, 0.2) is 42.5 Å². The summed E-state index contributed by atoms with van der Waals surface area (Å²) in [6.45, 7) is 7.76. The molecule has 3 aromatic rings. The first-order valence-electron chi connectivity index (χ1n) is 11.3. The van der Waals surface area contributed by atoms with Crippen LogP contribution in [-0.4, -0.2) is 72.0 Å². The molecule has 1 aromatic heterocycles. The average molecular weight is 437 g/mol. The highest BCUT2D eigenvalue weighted by Crippen LogP contribution is 2.36. The number of nitrogens with zero attached hydrogens (tertiary/aromatic N) is 4. The topological polar surface area (TPSA) is 70.8 Å². The fraction of sp³-hybridized carbons (Fsp3) is 0.440. The normalized spacial score (nSPS) is 18.7. The molecule has 0 amide bonds. The number of fused-ring (bicyclic) bond motifs is 3. The van der Waals surface area contributed by atoms with Crippen LogP contribution in [-0.2, 0) is 22.5 Å². The molecule has 1 N–H and O–H groups in total. The summed E-state index contributed by atoms with van der Waals surface area (Å²) in [6, 6.07) is 15.8. The van der Waals surface area contributed by atoms with Gasteiger partial charge in [-0.2, -0.15) is 0 Å². The van der Waals surface area contributed by atoms with Crippen molar-refractivity contribution in [1.29, 1.82) is 0 Å². The van der Waals surface area contributed by atoms with Gasteiger partial charge in [0.15, 0.2) is 0 Å². The van der Waals surface area contributed by atoms with Crippen LogP contribution in [0.3, 0.4) is 0 Å². The Labute approximate surface area is 189 Å². The second-order valence-electron chi connectivity index (χ2n) is 8.44. The van der Waals surface area contributed by atoms with Crippen molar-refractivity contribution in [2.75, 3.05) is 44.8 Å². The van der Waals surface area contributed by atoms with E-state index in [1.54, 1.807) is 0 Å². The van der Waals surface area contributed by atoms with Crippen molar-refractivity contribution in [3.05, 3.63) is 48.0 Å². The number of aromatic nitrogens is 2. The first kappa shape index (κ1) is 22.3. The smallest absolute Gasteiger partial charge is 0.290 e. The van der Waals surface area contributed by atoms with E-state index in [-0.39, 0.29) is 6.47 Å². The summed E-state index contributed by atoms with van der Waals surface area (Å²) < 4.78 is 7.94. The molecule has 7 nitrogen and oxygen atoms in total. The largest absolute Gasteiger partial charge is 0.483 e. The number of hydrogen-bond donors (Lipinski definition) is 1. The molecule has 0 aliphatic carbocycles. The highest BCUT2D eigenvalue weighted by molar-refractivity contribution is 5.88. The van der Waals surface area contributed by atoms with E-state index >= 15 is 0 Å². The Hall–Kier alpha value is -2.90. The third-order valence-corrected chi connectivity index (χ3v) is 6.63. The van der Waals surface area contributed by atoms with Gasteiger partial charge in [-0.15, -0.1) is 0 Å². The maximum atomic E-state index is 8.36. The second-order valence-corrected chi connectivity index (χ2v) is 8.44. The predicted molar refractivity (Wildman–Crippen MR) is 127 cm³/mol. The lowest BCUT2D eigenvalue weighted by Gasteiger charge is -2.34. The lowest BCUT2D eigenvalue weighted by atomic mass is 9.96. The van der Waals surface area contributed by atoms with Crippen LogP contribution in [0.2, 0.25) is 0 Å². The monoisotopic (exact) mass is 436 g/mol. The van der Waals surface area contributed by atoms with E-state index in [1.807, 2.05) is 0 Å². The number of anilines is 1. The summed E-state index contributed by atoms with van der Waals surface area (Å²) in [5.41, 5.74) is 6.39. The summed E-state index contributed by atoms with van der Waals surface area (Å²) in [6.07, 6.45) is 2.29. The van der Waals surface area contributed by atoms with Gasteiger partial charge in [0.2, 0.25) is 0 Å². The Kier molecular flexibility index (Phi) is 7.07. The van der Waals surface area contributed by atoms with Crippen molar-refractivity contribution in [2.24, 2.45) is 0 Å². The minimum Gasteiger partial charge on any atom is -0.483 e. The lowest BCUT2D eigenvalue weighted by molar-refractivity contribution is -0.122. The standard InChI is InChI=1S/C24H30N4O.CH2O2/c1-18-8-9-20-21(26(18)2)10-11-22-23(20)25-24(19-6-4-3-5-7-19)28(22)13-12-27-14-16-29-17-15-27;2-1-3/h3-7,10-11,18H,8-9,12-17H2,1-2H3;1H,(H,2,3). The van der Waals surface area contributed by atoms with Gasteiger partial charge in [-0.05, 0) is 31.9 Å². The maximum Gasteiger partial charge on any atom is 0.290 e. The third-order valence-electron chi connectivity index (χ3n) is 6.63. The molecule has 1 atom stereocenters. The van der Waals surface area contributed by atoms with Gasteiger partial charge in [0.05, 0.1) is 24.2 Å². The zero-order valence-electron chi connectivity index (χ0n) is 18.9. The Balaban J connectivity index is 0.000000775. The number of ether oxygens (including phenoxy) is 1. The van der Waals surface area contributed by atoms with Gasteiger partial charge in [-0.3, -0.25) is 9.69 Å². The summed E-state index contributed by atoms with van der Waals surface area (Å²) >= 11 is 0. The van der Waals surface area contributed by atoms with E-state index in [9.17, 15) is 0 Å². The number of hydrogen-bond acceptors (Lipinski definition) is 5. The highest BCUT2D eigenvalue weighted by Gasteiger charge is 2.25. The zero-order chi connectivity index (χ0) is 22.5. The molecule has 2 aliphatic rings. The van der Waals surface area contributed by atoms with Crippen molar-refractivity contribution in [3.8, 4) is 11.4 Å². The van der Waals surface area contributed by atoms with E-state index in [1.165, 1.54) is 34.3 Å². The highest BCUT2D eigenvalue weighted by atomic mass is 16.5. The molecule has 1 fully saturated rings. The van der Waals surface area contributed by atoms with E-state index in [0.29, 0.717) is 6.04 Å². The van der Waals surface area contributed by atoms with E-state index < -0.39 is 0 Å². The maximum absolute atomic E-state index is 8.36. The molecule has 170 valence electrons. The summed E-state index contributed by atoms with van der Waals surface area (Å²) in [5, 5.41) is 6.89. The van der Waals surface area contributed by atoms with E-state index in [0.717, 1.165) is 51.6 Å². The Morgan fingerprint density at radius 2 is 1.84 bits per heavy atom. The average Bonchev–Trinajstić information content (AvgIpc) is 3.21. The van der Waals surface area contributed by atoms with Crippen LogP contribution >= 0.6 is 0 Å². The van der Waals surface area contributed by atoms with E-state index in [4.69, 9.17) is 19.6 Å². The number of carboxylic acid groups (broad SMARTS) is 1. The van der Waals surface area contributed by atoms with Gasteiger partial charge in [0, 0.05) is 56.1 Å². The number of benzene rings is 2. The third kappa shape index (κ3) is 4.49. The number of aryl methyl sites for hydroxylation is 1. The number of carbonyl (C=O) groups is 1. The van der Waals surface area contributed by atoms with Crippen molar-refractivity contribution in [3.63, 3.8) is 0 Å². The van der Waals surface area contributed by atoms with Crippen LogP contribution < -0.4 is 4.90 Å². The second kappa shape index (κ2) is 10.1. The van der Waals surface area contributed by atoms with Gasteiger partial charge >= 0.3 is 0 Å². The fourth-order valence-corrected chi connectivity index (χ4v) is 4.70. The van der Waals surface area contributed by atoms with Crippen molar-refractivity contribution in [1.82, 2.24) is 14.5 Å². The molecule has 0 saturated carbocycles. The van der Waals surface area contributed by atoms with Crippen LogP contribution in [0, 0.1) is 0 Å². The molecule has 3 heterocycles. The van der Waals surface area contributed by atoms with Crippen molar-refractivity contribution < 1.29 is 14.6 Å². The number of rotatable bonds is 4. The Bertz CT molecular complexity index is 1040. The van der Waals surface area contributed by atoms with Crippen LogP contribution in [0.1, 0.15) is 18.9 Å². The molecule has 7 heteroatoms. The van der Waals surface area contributed by atoms with Crippen LogP contribution in [0.25, 0.3) is 22.4 Å². The summed E-state index contributed by atoms with van der Waals surface area (Å²) in [7, 11) is 2.21. The van der Waals surface area contributed by atoms with Gasteiger partial charge in [0.25, 0.3) is 6.47 Å². The molecule has 0 radical (unpaired) electrons. The van der Waals surface area contributed by atoms with Gasteiger partial charge in [-0.25, -0.2) is 4.98 Å². The van der Waals surface area contributed by atoms with Gasteiger partial charge in [-0.1, -0.05) is 30.3 Å². The lowest BCUT2D eigenvalue weighted by Crippen LogP contribution is -2.38. The fourth-order valence-electron chi connectivity index (χ4n) is 4.70. The zero-order valence-corrected chi connectivity index (χ0v) is 18.9. The molecule has 1 unspecified atom stereocenters. The first-order valence-corrected chi connectivity index (χ1v) is 11.3. The molecule has 2 aromatic carbocycles. The quantitative estimate of drug-likeness (QED) is 0.631. The minimum atomic E-state index is -0.250. The van der Waals surface area contributed by atoms with E-state index in [2.05, 4.69) is 70.8 Å². The van der Waals surface area contributed by atoms with Crippen LogP contribution in [0.4, 0.5) is 5.69 Å². The van der Waals surface area contributed by atoms with Crippen LogP contribution in [0.5, 0.6) is 0 Å².